The van der Waals surface area contributed by atoms with Crippen LogP contribution in [0.3, 0.4) is 0 Å². The van der Waals surface area contributed by atoms with Gasteiger partial charge in [0.15, 0.2) is 0 Å². The Morgan fingerprint density at radius 1 is 1.53 bits per heavy atom. The van der Waals surface area contributed by atoms with Gasteiger partial charge in [-0.25, -0.2) is 0 Å². The molecule has 104 valence electrons. The summed E-state index contributed by atoms with van der Waals surface area (Å²) >= 11 is 0. The van der Waals surface area contributed by atoms with Crippen molar-refractivity contribution in [2.45, 2.75) is 17.7 Å². The van der Waals surface area contributed by atoms with Crippen molar-refractivity contribution in [1.29, 1.82) is 0 Å². The average molecular weight is 282 g/mol. The maximum atomic E-state index is 12.1. The van der Waals surface area contributed by atoms with E-state index in [-0.39, 0.29) is 11.7 Å². The van der Waals surface area contributed by atoms with Gasteiger partial charge < -0.3 is 15.8 Å². The molecular weight excluding hydrogens is 264 g/mol. The van der Waals surface area contributed by atoms with E-state index in [4.69, 9.17) is 10.5 Å². The fraction of sp³-hybridized carbons (Fsp3) is 0.462. The Balaban J connectivity index is 1.95. The molecule has 0 aliphatic heterocycles. The molecule has 0 spiro atoms. The molecule has 1 unspecified atom stereocenters. The molecule has 0 radical (unpaired) electrons. The van der Waals surface area contributed by atoms with E-state index in [0.29, 0.717) is 28.8 Å². The summed E-state index contributed by atoms with van der Waals surface area (Å²) in [4.78, 5) is 12.1. The molecule has 1 amide bonds. The Bertz CT molecular complexity index is 501. The number of benzene rings is 1. The fourth-order valence-corrected chi connectivity index (χ4v) is 2.74. The SMILES string of the molecule is COc1ccc(N)c(S(=O)CC(=O)NCC2CC2)c1. The molecule has 1 aliphatic rings. The van der Waals surface area contributed by atoms with E-state index < -0.39 is 10.8 Å². The summed E-state index contributed by atoms with van der Waals surface area (Å²) in [6, 6.07) is 4.94. The van der Waals surface area contributed by atoms with Crippen molar-refractivity contribution in [3.63, 3.8) is 0 Å². The van der Waals surface area contributed by atoms with Gasteiger partial charge in [0.2, 0.25) is 5.91 Å². The smallest absolute Gasteiger partial charge is 0.233 e. The number of methoxy groups -OCH3 is 1. The van der Waals surface area contributed by atoms with Crippen molar-refractivity contribution in [3.8, 4) is 5.75 Å². The third kappa shape index (κ3) is 3.96. The summed E-state index contributed by atoms with van der Waals surface area (Å²) in [6.07, 6.45) is 2.35. The first-order valence-electron chi connectivity index (χ1n) is 6.18. The number of anilines is 1. The highest BCUT2D eigenvalue weighted by molar-refractivity contribution is 7.86. The second kappa shape index (κ2) is 6.06. The van der Waals surface area contributed by atoms with Crippen LogP contribution in [-0.4, -0.2) is 29.5 Å². The minimum absolute atomic E-state index is 0.0654. The van der Waals surface area contributed by atoms with E-state index in [1.807, 2.05) is 0 Å². The van der Waals surface area contributed by atoms with Gasteiger partial charge in [-0.2, -0.15) is 0 Å². The summed E-state index contributed by atoms with van der Waals surface area (Å²) in [5, 5.41) is 2.79. The molecule has 1 atom stereocenters. The number of carbonyl (C=O) groups is 1. The highest BCUT2D eigenvalue weighted by Gasteiger charge is 2.22. The summed E-state index contributed by atoms with van der Waals surface area (Å²) in [6.45, 7) is 0.684. The molecule has 0 saturated heterocycles. The maximum absolute atomic E-state index is 12.1. The van der Waals surface area contributed by atoms with E-state index in [1.54, 1.807) is 18.2 Å². The highest BCUT2D eigenvalue weighted by Crippen LogP contribution is 2.27. The van der Waals surface area contributed by atoms with E-state index in [0.717, 1.165) is 0 Å². The first-order valence-corrected chi connectivity index (χ1v) is 7.50. The number of amides is 1. The molecule has 1 fully saturated rings. The lowest BCUT2D eigenvalue weighted by atomic mass is 10.3. The van der Waals surface area contributed by atoms with E-state index in [9.17, 15) is 9.00 Å². The molecule has 1 saturated carbocycles. The van der Waals surface area contributed by atoms with Crippen molar-refractivity contribution in [3.05, 3.63) is 18.2 Å². The Morgan fingerprint density at radius 2 is 2.26 bits per heavy atom. The van der Waals surface area contributed by atoms with Gasteiger partial charge in [0, 0.05) is 12.2 Å². The molecule has 0 aromatic heterocycles. The quantitative estimate of drug-likeness (QED) is 0.760. The number of nitrogens with one attached hydrogen (secondary N) is 1. The summed E-state index contributed by atoms with van der Waals surface area (Å²) in [5.74, 6) is 0.923. The van der Waals surface area contributed by atoms with Crippen LogP contribution >= 0.6 is 0 Å². The minimum atomic E-state index is -1.45. The Hall–Kier alpha value is -1.56. The van der Waals surface area contributed by atoms with Gasteiger partial charge in [0.05, 0.1) is 22.8 Å². The van der Waals surface area contributed by atoms with Gasteiger partial charge in [0.25, 0.3) is 0 Å². The Kier molecular flexibility index (Phi) is 4.42. The zero-order valence-corrected chi connectivity index (χ0v) is 11.7. The van der Waals surface area contributed by atoms with Crippen molar-refractivity contribution in [1.82, 2.24) is 5.32 Å². The summed E-state index contributed by atoms with van der Waals surface area (Å²) in [7, 11) is 0.0800. The monoisotopic (exact) mass is 282 g/mol. The predicted molar refractivity (Wildman–Crippen MR) is 74.4 cm³/mol. The molecule has 5 nitrogen and oxygen atoms in total. The lowest BCUT2D eigenvalue weighted by molar-refractivity contribution is -0.118. The Labute approximate surface area is 115 Å². The second-order valence-corrected chi connectivity index (χ2v) is 6.06. The minimum Gasteiger partial charge on any atom is -0.497 e. The number of hydrogen-bond donors (Lipinski definition) is 2. The molecule has 1 aromatic rings. The van der Waals surface area contributed by atoms with E-state index in [1.165, 1.54) is 20.0 Å². The molecular formula is C13H18N2O3S. The third-order valence-electron chi connectivity index (χ3n) is 3.01. The largest absolute Gasteiger partial charge is 0.497 e. The predicted octanol–water partition coefficient (Wildman–Crippen LogP) is 0.911. The number of nitrogen functional groups attached to an aromatic ring is 1. The third-order valence-corrected chi connectivity index (χ3v) is 4.38. The zero-order valence-electron chi connectivity index (χ0n) is 10.8. The van der Waals surface area contributed by atoms with Gasteiger partial charge >= 0.3 is 0 Å². The van der Waals surface area contributed by atoms with Crippen molar-refractivity contribution < 1.29 is 13.7 Å². The number of carbonyl (C=O) groups excluding carboxylic acids is 1. The van der Waals surface area contributed by atoms with Gasteiger partial charge in [-0.05, 0) is 37.0 Å². The number of ether oxygens (including phenoxy) is 1. The van der Waals surface area contributed by atoms with Gasteiger partial charge in [0.1, 0.15) is 11.5 Å². The molecule has 1 aliphatic carbocycles. The average Bonchev–Trinajstić information content (AvgIpc) is 3.21. The Morgan fingerprint density at radius 3 is 2.89 bits per heavy atom. The van der Waals surface area contributed by atoms with Gasteiger partial charge in [-0.1, -0.05) is 0 Å². The molecule has 19 heavy (non-hydrogen) atoms. The summed E-state index contributed by atoms with van der Waals surface area (Å²) < 4.78 is 17.2. The van der Waals surface area contributed by atoms with Crippen molar-refractivity contribution >= 4 is 22.4 Å². The highest BCUT2D eigenvalue weighted by atomic mass is 32.2. The van der Waals surface area contributed by atoms with Gasteiger partial charge in [-0.3, -0.25) is 9.00 Å². The fourth-order valence-electron chi connectivity index (χ4n) is 1.67. The molecule has 1 aromatic carbocycles. The number of rotatable bonds is 6. The van der Waals surface area contributed by atoms with E-state index in [2.05, 4.69) is 5.32 Å². The van der Waals surface area contributed by atoms with Crippen LogP contribution < -0.4 is 15.8 Å². The second-order valence-electron chi connectivity index (χ2n) is 4.64. The van der Waals surface area contributed by atoms with Crippen LogP contribution in [0.15, 0.2) is 23.1 Å². The number of nitrogens with two attached hydrogens (primary N) is 1. The lowest BCUT2D eigenvalue weighted by Gasteiger charge is -2.08. The number of hydrogen-bond acceptors (Lipinski definition) is 4. The first kappa shape index (κ1) is 13.9. The van der Waals surface area contributed by atoms with Gasteiger partial charge in [-0.15, -0.1) is 0 Å². The van der Waals surface area contributed by atoms with E-state index >= 15 is 0 Å². The zero-order chi connectivity index (χ0) is 13.8. The summed E-state index contributed by atoms with van der Waals surface area (Å²) in [5.41, 5.74) is 6.18. The standard InChI is InChI=1S/C13H18N2O3S/c1-18-10-4-5-11(14)12(6-10)19(17)8-13(16)15-7-9-2-3-9/h4-6,9H,2-3,7-8,14H2,1H3,(H,15,16). The normalized spacial score (nSPS) is 15.8. The molecule has 0 heterocycles. The van der Waals surface area contributed by atoms with Crippen LogP contribution in [0, 0.1) is 5.92 Å². The topological polar surface area (TPSA) is 81.4 Å². The van der Waals surface area contributed by atoms with Crippen LogP contribution in [-0.2, 0) is 15.6 Å². The molecule has 3 N–H and O–H groups in total. The molecule has 6 heteroatoms. The van der Waals surface area contributed by atoms with Crippen molar-refractivity contribution in [2.24, 2.45) is 5.92 Å². The van der Waals surface area contributed by atoms with Crippen LogP contribution in [0.2, 0.25) is 0 Å². The first-order chi connectivity index (χ1) is 9.10. The van der Waals surface area contributed by atoms with Crippen LogP contribution in [0.25, 0.3) is 0 Å². The van der Waals surface area contributed by atoms with Crippen LogP contribution in [0.4, 0.5) is 5.69 Å². The molecule has 2 rings (SSSR count). The van der Waals surface area contributed by atoms with Crippen LogP contribution in [0.5, 0.6) is 5.75 Å². The van der Waals surface area contributed by atoms with Crippen molar-refractivity contribution in [2.75, 3.05) is 25.1 Å². The molecule has 0 bridgehead atoms. The maximum Gasteiger partial charge on any atom is 0.233 e. The lowest BCUT2D eigenvalue weighted by Crippen LogP contribution is -2.30. The van der Waals surface area contributed by atoms with Crippen LogP contribution in [0.1, 0.15) is 12.8 Å².